The Bertz CT molecular complexity index is 455. The van der Waals surface area contributed by atoms with Gasteiger partial charge in [0.15, 0.2) is 12.0 Å². The lowest BCUT2D eigenvalue weighted by Crippen LogP contribution is -2.09. The van der Waals surface area contributed by atoms with Crippen molar-refractivity contribution < 1.29 is 28.0 Å². The summed E-state index contributed by atoms with van der Waals surface area (Å²) in [6, 6.07) is 0.535. The number of nitrogens with zero attached hydrogens (tertiary/aromatic N) is 1. The third-order valence-corrected chi connectivity index (χ3v) is 1.78. The molecule has 1 rings (SSSR count). The van der Waals surface area contributed by atoms with E-state index >= 15 is 0 Å². The normalized spacial score (nSPS) is 11.2. The van der Waals surface area contributed by atoms with Crippen LogP contribution in [0.5, 0.6) is 5.75 Å². The standard InChI is InChI=1S/C8H4F3NO4/c9-8(10,11)5-2-7(14)6(12(15)16)1-4(5)3-13/h1-3,14H. The summed E-state index contributed by atoms with van der Waals surface area (Å²) in [5.41, 5.74) is -3.25. The van der Waals surface area contributed by atoms with Crippen LogP contribution in [-0.2, 0) is 6.18 Å². The number of hydrogen-bond donors (Lipinski definition) is 1. The van der Waals surface area contributed by atoms with Crippen molar-refractivity contribution in [3.8, 4) is 5.75 Å². The number of hydrogen-bond acceptors (Lipinski definition) is 4. The molecule has 0 spiro atoms. The van der Waals surface area contributed by atoms with E-state index in [1.165, 1.54) is 0 Å². The minimum Gasteiger partial charge on any atom is -0.502 e. The first kappa shape index (κ1) is 12.0. The molecule has 0 radical (unpaired) electrons. The maximum absolute atomic E-state index is 12.3. The summed E-state index contributed by atoms with van der Waals surface area (Å²) in [6.07, 6.45) is -5.02. The highest BCUT2D eigenvalue weighted by Gasteiger charge is 2.35. The van der Waals surface area contributed by atoms with Gasteiger partial charge in [0.25, 0.3) is 0 Å². The Hall–Kier alpha value is -2.12. The lowest BCUT2D eigenvalue weighted by Gasteiger charge is -2.09. The van der Waals surface area contributed by atoms with Crippen LogP contribution in [0.1, 0.15) is 15.9 Å². The summed E-state index contributed by atoms with van der Waals surface area (Å²) in [5, 5.41) is 19.3. The molecule has 1 aromatic carbocycles. The number of phenols is 1. The Morgan fingerprint density at radius 2 is 1.94 bits per heavy atom. The van der Waals surface area contributed by atoms with Crippen LogP contribution in [-0.4, -0.2) is 16.3 Å². The van der Waals surface area contributed by atoms with Crippen LogP contribution in [0.2, 0.25) is 0 Å². The number of phenolic OH excluding ortho intramolecular Hbond substituents is 1. The minimum atomic E-state index is -4.86. The van der Waals surface area contributed by atoms with E-state index < -0.39 is 33.7 Å². The second kappa shape index (κ2) is 3.80. The van der Waals surface area contributed by atoms with E-state index in [0.29, 0.717) is 6.07 Å². The second-order valence-electron chi connectivity index (χ2n) is 2.80. The Labute approximate surface area is 86.3 Å². The fraction of sp³-hybridized carbons (Fsp3) is 0.125. The highest BCUT2D eigenvalue weighted by molar-refractivity contribution is 5.80. The molecule has 0 atom stereocenters. The third kappa shape index (κ3) is 2.10. The number of aldehydes is 1. The molecule has 86 valence electrons. The molecule has 1 N–H and O–H groups in total. The Kier molecular flexibility index (Phi) is 2.84. The van der Waals surface area contributed by atoms with Gasteiger partial charge in [0.2, 0.25) is 0 Å². The summed E-state index contributed by atoms with van der Waals surface area (Å²) < 4.78 is 36.9. The van der Waals surface area contributed by atoms with Crippen LogP contribution in [0.15, 0.2) is 12.1 Å². The first-order valence-corrected chi connectivity index (χ1v) is 3.81. The van der Waals surface area contributed by atoms with Crippen LogP contribution >= 0.6 is 0 Å². The maximum atomic E-state index is 12.3. The second-order valence-corrected chi connectivity index (χ2v) is 2.80. The molecule has 0 heterocycles. The summed E-state index contributed by atoms with van der Waals surface area (Å²) in [6.45, 7) is 0. The van der Waals surface area contributed by atoms with Gasteiger partial charge in [0, 0.05) is 17.7 Å². The molecule has 0 bridgehead atoms. The van der Waals surface area contributed by atoms with Gasteiger partial charge in [-0.3, -0.25) is 14.9 Å². The van der Waals surface area contributed by atoms with Crippen molar-refractivity contribution in [1.29, 1.82) is 0 Å². The van der Waals surface area contributed by atoms with Crippen molar-refractivity contribution in [2.75, 3.05) is 0 Å². The van der Waals surface area contributed by atoms with Crippen LogP contribution in [0.3, 0.4) is 0 Å². The number of carbonyl (C=O) groups is 1. The monoisotopic (exact) mass is 235 g/mol. The zero-order valence-corrected chi connectivity index (χ0v) is 7.49. The first-order chi connectivity index (χ1) is 7.27. The lowest BCUT2D eigenvalue weighted by atomic mass is 10.1. The van der Waals surface area contributed by atoms with Crippen molar-refractivity contribution in [3.63, 3.8) is 0 Å². The highest BCUT2D eigenvalue weighted by Crippen LogP contribution is 2.37. The number of rotatable bonds is 2. The molecule has 0 saturated heterocycles. The lowest BCUT2D eigenvalue weighted by molar-refractivity contribution is -0.385. The zero-order valence-electron chi connectivity index (χ0n) is 7.49. The number of alkyl halides is 3. The quantitative estimate of drug-likeness (QED) is 0.483. The number of halogens is 3. The third-order valence-electron chi connectivity index (χ3n) is 1.78. The number of carbonyl (C=O) groups excluding carboxylic acids is 1. The molecular formula is C8H4F3NO4. The molecule has 0 aliphatic rings. The van der Waals surface area contributed by atoms with E-state index in [4.69, 9.17) is 5.11 Å². The van der Waals surface area contributed by atoms with Gasteiger partial charge in [-0.05, 0) is 0 Å². The molecule has 1 aromatic rings. The number of nitro benzene ring substituents is 1. The van der Waals surface area contributed by atoms with E-state index in [2.05, 4.69) is 0 Å². The largest absolute Gasteiger partial charge is 0.502 e. The molecule has 0 aromatic heterocycles. The molecule has 0 aliphatic heterocycles. The average molecular weight is 235 g/mol. The fourth-order valence-corrected chi connectivity index (χ4v) is 1.08. The Morgan fingerprint density at radius 3 is 2.31 bits per heavy atom. The van der Waals surface area contributed by atoms with Gasteiger partial charge in [0.05, 0.1) is 10.5 Å². The van der Waals surface area contributed by atoms with E-state index in [1.807, 2.05) is 0 Å². The molecule has 8 heteroatoms. The summed E-state index contributed by atoms with van der Waals surface area (Å²) in [7, 11) is 0. The zero-order chi connectivity index (χ0) is 12.5. The average Bonchev–Trinajstić information content (AvgIpc) is 2.15. The molecule has 0 unspecified atom stereocenters. The van der Waals surface area contributed by atoms with E-state index in [1.54, 1.807) is 0 Å². The van der Waals surface area contributed by atoms with Crippen LogP contribution in [0.25, 0.3) is 0 Å². The van der Waals surface area contributed by atoms with Gasteiger partial charge in [-0.25, -0.2) is 0 Å². The number of nitro groups is 1. The van der Waals surface area contributed by atoms with Crippen LogP contribution in [0.4, 0.5) is 18.9 Å². The molecule has 16 heavy (non-hydrogen) atoms. The maximum Gasteiger partial charge on any atom is 0.417 e. The van der Waals surface area contributed by atoms with Crippen molar-refractivity contribution in [2.45, 2.75) is 6.18 Å². The minimum absolute atomic E-state index is 0.155. The molecule has 0 fully saturated rings. The van der Waals surface area contributed by atoms with Gasteiger partial charge < -0.3 is 5.11 Å². The first-order valence-electron chi connectivity index (χ1n) is 3.81. The SMILES string of the molecule is O=Cc1cc([N+](=O)[O-])c(O)cc1C(F)(F)F. The topological polar surface area (TPSA) is 80.4 Å². The molecule has 0 saturated carbocycles. The molecular weight excluding hydrogens is 231 g/mol. The fourth-order valence-electron chi connectivity index (χ4n) is 1.08. The molecule has 0 aliphatic carbocycles. The van der Waals surface area contributed by atoms with E-state index in [-0.39, 0.29) is 12.4 Å². The predicted molar refractivity (Wildman–Crippen MR) is 45.2 cm³/mol. The van der Waals surface area contributed by atoms with Crippen LogP contribution in [0, 0.1) is 10.1 Å². The van der Waals surface area contributed by atoms with Crippen molar-refractivity contribution in [2.24, 2.45) is 0 Å². The van der Waals surface area contributed by atoms with Gasteiger partial charge in [0.1, 0.15) is 0 Å². The number of aromatic hydroxyl groups is 1. The van der Waals surface area contributed by atoms with Crippen molar-refractivity contribution in [1.82, 2.24) is 0 Å². The van der Waals surface area contributed by atoms with Crippen LogP contribution < -0.4 is 0 Å². The number of benzene rings is 1. The van der Waals surface area contributed by atoms with E-state index in [9.17, 15) is 28.1 Å². The van der Waals surface area contributed by atoms with E-state index in [0.717, 1.165) is 0 Å². The van der Waals surface area contributed by atoms with Gasteiger partial charge in [-0.2, -0.15) is 13.2 Å². The molecule has 0 amide bonds. The summed E-state index contributed by atoms with van der Waals surface area (Å²) in [4.78, 5) is 19.6. The molecule has 5 nitrogen and oxygen atoms in total. The Balaban J connectivity index is 3.50. The Morgan fingerprint density at radius 1 is 1.38 bits per heavy atom. The highest BCUT2D eigenvalue weighted by atomic mass is 19.4. The van der Waals surface area contributed by atoms with Gasteiger partial charge in [-0.1, -0.05) is 0 Å². The van der Waals surface area contributed by atoms with Gasteiger partial charge in [-0.15, -0.1) is 0 Å². The van der Waals surface area contributed by atoms with Crippen molar-refractivity contribution in [3.05, 3.63) is 33.4 Å². The van der Waals surface area contributed by atoms with Gasteiger partial charge >= 0.3 is 11.9 Å². The smallest absolute Gasteiger partial charge is 0.417 e. The summed E-state index contributed by atoms with van der Waals surface area (Å²) in [5.74, 6) is -1.14. The summed E-state index contributed by atoms with van der Waals surface area (Å²) >= 11 is 0. The predicted octanol–water partition coefficient (Wildman–Crippen LogP) is 2.13. The van der Waals surface area contributed by atoms with Crippen molar-refractivity contribution >= 4 is 12.0 Å².